The van der Waals surface area contributed by atoms with Gasteiger partial charge in [-0.1, -0.05) is 53.6 Å². The number of aryl methyl sites for hydroxylation is 1. The molecule has 0 amide bonds. The van der Waals surface area contributed by atoms with E-state index in [0.29, 0.717) is 34.3 Å². The average Bonchev–Trinajstić information content (AvgIpc) is 2.72. The van der Waals surface area contributed by atoms with Gasteiger partial charge in [0, 0.05) is 0 Å². The van der Waals surface area contributed by atoms with Gasteiger partial charge >= 0.3 is 0 Å². The zero-order valence-corrected chi connectivity index (χ0v) is 17.5. The summed E-state index contributed by atoms with van der Waals surface area (Å²) in [7, 11) is 0. The van der Waals surface area contributed by atoms with Crippen LogP contribution in [-0.2, 0) is 6.61 Å². The Morgan fingerprint density at radius 2 is 1.87 bits per heavy atom. The molecule has 0 fully saturated rings. The predicted molar refractivity (Wildman–Crippen MR) is 118 cm³/mol. The Hall–Kier alpha value is -3.29. The highest BCUT2D eigenvalue weighted by atomic mass is 35.5. The molecule has 0 unspecified atom stereocenters. The van der Waals surface area contributed by atoms with Crippen molar-refractivity contribution in [1.82, 2.24) is 0 Å². The lowest BCUT2D eigenvalue weighted by atomic mass is 10.0. The van der Waals surface area contributed by atoms with E-state index >= 15 is 0 Å². The van der Waals surface area contributed by atoms with Gasteiger partial charge in [-0.3, -0.25) is 0 Å². The Bertz CT molecular complexity index is 1100. The molecule has 0 saturated heterocycles. The highest BCUT2D eigenvalue weighted by Gasteiger charge is 2.13. The third kappa shape index (κ3) is 5.40. The molecule has 0 saturated carbocycles. The molecule has 3 nitrogen and oxygen atoms in total. The summed E-state index contributed by atoms with van der Waals surface area (Å²) in [6, 6.07) is 19.7. The highest BCUT2D eigenvalue weighted by Crippen LogP contribution is 2.38. The second-order valence-corrected chi connectivity index (χ2v) is 7.12. The number of hydrogen-bond donors (Lipinski definition) is 0. The topological polar surface area (TPSA) is 42.2 Å². The van der Waals surface area contributed by atoms with E-state index in [4.69, 9.17) is 21.1 Å². The number of rotatable bonds is 7. The van der Waals surface area contributed by atoms with E-state index < -0.39 is 0 Å². The lowest BCUT2D eigenvalue weighted by Crippen LogP contribution is -2.01. The number of ether oxygens (including phenoxy) is 2. The van der Waals surface area contributed by atoms with Crippen molar-refractivity contribution >= 4 is 23.3 Å². The van der Waals surface area contributed by atoms with E-state index in [0.717, 1.165) is 16.7 Å². The van der Waals surface area contributed by atoms with Gasteiger partial charge in [-0.05, 0) is 60.9 Å². The van der Waals surface area contributed by atoms with Gasteiger partial charge in [-0.15, -0.1) is 0 Å². The zero-order valence-electron chi connectivity index (χ0n) is 16.8. The van der Waals surface area contributed by atoms with Crippen molar-refractivity contribution in [2.75, 3.05) is 6.61 Å². The molecule has 0 spiro atoms. The Kier molecular flexibility index (Phi) is 7.11. The fourth-order valence-corrected chi connectivity index (χ4v) is 3.21. The molecule has 3 rings (SSSR count). The molecule has 3 aromatic rings. The first-order valence-electron chi connectivity index (χ1n) is 9.52. The second kappa shape index (κ2) is 9.96. The fraction of sp³-hybridized carbons (Fsp3) is 0.160. The molecule has 3 aromatic carbocycles. The van der Waals surface area contributed by atoms with Crippen LogP contribution < -0.4 is 9.47 Å². The van der Waals surface area contributed by atoms with Crippen LogP contribution in [0.1, 0.15) is 29.2 Å². The molecule has 0 N–H and O–H groups in total. The minimum absolute atomic E-state index is 0.152. The smallest absolute Gasteiger partial charge is 0.180 e. The van der Waals surface area contributed by atoms with Gasteiger partial charge in [-0.2, -0.15) is 5.26 Å². The number of nitrogens with zero attached hydrogens (tertiary/aromatic N) is 1. The summed E-state index contributed by atoms with van der Waals surface area (Å²) in [5.74, 6) is 0.524. The van der Waals surface area contributed by atoms with Crippen molar-refractivity contribution < 1.29 is 13.9 Å². The first-order chi connectivity index (χ1) is 14.5. The summed E-state index contributed by atoms with van der Waals surface area (Å²) < 4.78 is 25.0. The van der Waals surface area contributed by atoms with Crippen LogP contribution in [0.25, 0.3) is 11.6 Å². The maximum Gasteiger partial charge on any atom is 0.180 e. The van der Waals surface area contributed by atoms with Crippen LogP contribution >= 0.6 is 11.6 Å². The maximum absolute atomic E-state index is 13.4. The Morgan fingerprint density at radius 3 is 2.53 bits per heavy atom. The maximum atomic E-state index is 13.4. The van der Waals surface area contributed by atoms with Gasteiger partial charge in [-0.25, -0.2) is 4.39 Å². The quantitative estimate of drug-likeness (QED) is 0.310. The van der Waals surface area contributed by atoms with Crippen molar-refractivity contribution in [2.45, 2.75) is 20.5 Å². The molecular weight excluding hydrogens is 401 g/mol. The van der Waals surface area contributed by atoms with Crippen molar-refractivity contribution in [3.05, 3.63) is 93.8 Å². The highest BCUT2D eigenvalue weighted by molar-refractivity contribution is 6.32. The summed E-state index contributed by atoms with van der Waals surface area (Å²) in [5.41, 5.74) is 3.87. The molecule has 0 heterocycles. The van der Waals surface area contributed by atoms with Crippen LogP contribution in [0.3, 0.4) is 0 Å². The molecule has 0 aliphatic heterocycles. The molecule has 5 heteroatoms. The van der Waals surface area contributed by atoms with Crippen molar-refractivity contribution in [1.29, 1.82) is 5.26 Å². The van der Waals surface area contributed by atoms with Gasteiger partial charge in [0.05, 0.1) is 23.3 Å². The first-order valence-corrected chi connectivity index (χ1v) is 9.90. The molecule has 152 valence electrons. The molecule has 0 aromatic heterocycles. The molecular formula is C25H21ClFNO2. The van der Waals surface area contributed by atoms with Gasteiger partial charge in [0.1, 0.15) is 12.4 Å². The summed E-state index contributed by atoms with van der Waals surface area (Å²) in [5, 5.41) is 9.95. The Labute approximate surface area is 180 Å². The SMILES string of the molecule is CCOc1cc(/C=C(/C#N)c2ccc(C)cc2)cc(Cl)c1OCc1cccc(F)c1. The summed E-state index contributed by atoms with van der Waals surface area (Å²) in [6.45, 7) is 4.43. The normalized spacial score (nSPS) is 11.1. The van der Waals surface area contributed by atoms with Crippen LogP contribution in [0.4, 0.5) is 4.39 Å². The third-order valence-electron chi connectivity index (χ3n) is 4.40. The predicted octanol–water partition coefficient (Wildman–Crippen LogP) is 6.83. The third-order valence-corrected chi connectivity index (χ3v) is 4.68. The van der Waals surface area contributed by atoms with Crippen LogP contribution in [0, 0.1) is 24.1 Å². The summed E-state index contributed by atoms with van der Waals surface area (Å²) in [4.78, 5) is 0. The molecule has 0 atom stereocenters. The first kappa shape index (κ1) is 21.4. The fourth-order valence-electron chi connectivity index (χ4n) is 2.94. The van der Waals surface area contributed by atoms with E-state index in [9.17, 15) is 9.65 Å². The summed E-state index contributed by atoms with van der Waals surface area (Å²) >= 11 is 6.47. The van der Waals surface area contributed by atoms with Gasteiger partial charge in [0.2, 0.25) is 0 Å². The largest absolute Gasteiger partial charge is 0.490 e. The molecule has 30 heavy (non-hydrogen) atoms. The van der Waals surface area contributed by atoms with Gasteiger partial charge in [0.15, 0.2) is 11.5 Å². The second-order valence-electron chi connectivity index (χ2n) is 6.72. The molecule has 0 bridgehead atoms. The van der Waals surface area contributed by atoms with E-state index in [1.54, 1.807) is 30.3 Å². The Morgan fingerprint density at radius 1 is 1.10 bits per heavy atom. The number of allylic oxidation sites excluding steroid dienone is 1. The zero-order chi connectivity index (χ0) is 21.5. The van der Waals surface area contributed by atoms with E-state index in [1.165, 1.54) is 12.1 Å². The summed E-state index contributed by atoms with van der Waals surface area (Å²) in [6.07, 6.45) is 1.76. The molecule has 0 aliphatic carbocycles. The van der Waals surface area contributed by atoms with E-state index in [-0.39, 0.29) is 12.4 Å². The number of benzene rings is 3. The lowest BCUT2D eigenvalue weighted by molar-refractivity contribution is 0.269. The number of halogens is 2. The van der Waals surface area contributed by atoms with Crippen LogP contribution in [0.2, 0.25) is 5.02 Å². The van der Waals surface area contributed by atoms with Crippen molar-refractivity contribution in [3.8, 4) is 17.6 Å². The Balaban J connectivity index is 1.92. The van der Waals surface area contributed by atoms with Crippen molar-refractivity contribution in [3.63, 3.8) is 0 Å². The number of nitriles is 1. The number of hydrogen-bond acceptors (Lipinski definition) is 3. The van der Waals surface area contributed by atoms with Crippen LogP contribution in [0.15, 0.2) is 60.7 Å². The molecule has 0 aliphatic rings. The van der Waals surface area contributed by atoms with Crippen LogP contribution in [-0.4, -0.2) is 6.61 Å². The van der Waals surface area contributed by atoms with E-state index in [1.807, 2.05) is 38.1 Å². The van der Waals surface area contributed by atoms with Crippen molar-refractivity contribution in [2.24, 2.45) is 0 Å². The minimum Gasteiger partial charge on any atom is -0.490 e. The standard InChI is InChI=1S/C25H21ClFNO2/c1-3-29-24-14-19(11-21(15-28)20-9-7-17(2)8-10-20)13-23(26)25(24)30-16-18-5-4-6-22(27)12-18/h4-14H,3,16H2,1-2H3/b21-11-. The monoisotopic (exact) mass is 421 g/mol. The average molecular weight is 422 g/mol. The molecule has 0 radical (unpaired) electrons. The van der Waals surface area contributed by atoms with E-state index in [2.05, 4.69) is 6.07 Å². The lowest BCUT2D eigenvalue weighted by Gasteiger charge is -2.15. The van der Waals surface area contributed by atoms with Crippen LogP contribution in [0.5, 0.6) is 11.5 Å². The minimum atomic E-state index is -0.326. The van der Waals surface area contributed by atoms with Gasteiger partial charge in [0.25, 0.3) is 0 Å². The van der Waals surface area contributed by atoms with Gasteiger partial charge < -0.3 is 9.47 Å².